The third-order valence-electron chi connectivity index (χ3n) is 3.54. The van der Waals surface area contributed by atoms with Crippen molar-refractivity contribution in [1.29, 1.82) is 0 Å². The van der Waals surface area contributed by atoms with E-state index in [0.717, 1.165) is 5.69 Å². The van der Waals surface area contributed by atoms with Gasteiger partial charge in [0, 0.05) is 17.5 Å². The van der Waals surface area contributed by atoms with Gasteiger partial charge in [-0.05, 0) is 12.1 Å². The Morgan fingerprint density at radius 2 is 1.32 bits per heavy atom. The zero-order chi connectivity index (χ0) is 18.4. The maximum atomic E-state index is 12.3. The van der Waals surface area contributed by atoms with Crippen molar-refractivity contribution in [1.82, 2.24) is 0 Å². The Balaban J connectivity index is 2.59. The van der Waals surface area contributed by atoms with Crippen LogP contribution in [-0.2, 0) is 28.5 Å². The predicted molar refractivity (Wildman–Crippen MR) is 90.2 cm³/mol. The van der Waals surface area contributed by atoms with E-state index in [1.807, 2.05) is 30.3 Å². The number of hydrogen-bond acceptors (Lipinski definition) is 7. The minimum atomic E-state index is -0.661. The summed E-state index contributed by atoms with van der Waals surface area (Å²) in [5.74, 6) is -1.11. The molecule has 0 atom stereocenters. The molecule has 1 aliphatic carbocycles. The van der Waals surface area contributed by atoms with Crippen molar-refractivity contribution < 1.29 is 28.5 Å². The summed E-state index contributed by atoms with van der Waals surface area (Å²) in [5, 5.41) is 3.04. The lowest BCUT2D eigenvalue weighted by Gasteiger charge is -2.09. The van der Waals surface area contributed by atoms with Crippen molar-refractivity contribution in [3.05, 3.63) is 64.8 Å². The molecule has 1 aliphatic rings. The van der Waals surface area contributed by atoms with Crippen LogP contribution in [0.15, 0.2) is 64.8 Å². The summed E-state index contributed by atoms with van der Waals surface area (Å²) in [6.07, 6.45) is 1.51. The number of rotatable bonds is 6. The fourth-order valence-corrected chi connectivity index (χ4v) is 2.43. The van der Waals surface area contributed by atoms with Gasteiger partial charge in [-0.25, -0.2) is 9.59 Å². The van der Waals surface area contributed by atoms with E-state index in [1.54, 1.807) is 0 Å². The largest absolute Gasteiger partial charge is 0.492 e. The van der Waals surface area contributed by atoms with Crippen LogP contribution in [0.5, 0.6) is 0 Å². The number of esters is 2. The van der Waals surface area contributed by atoms with Crippen LogP contribution in [0.1, 0.15) is 0 Å². The number of benzene rings is 1. The molecular formula is C18H19NO6. The van der Waals surface area contributed by atoms with E-state index in [-0.39, 0.29) is 28.2 Å². The van der Waals surface area contributed by atoms with Crippen LogP contribution >= 0.6 is 0 Å². The van der Waals surface area contributed by atoms with Gasteiger partial charge in [0.25, 0.3) is 0 Å². The van der Waals surface area contributed by atoms with E-state index in [0.29, 0.717) is 0 Å². The molecule has 0 bridgehead atoms. The first kappa shape index (κ1) is 18.1. The van der Waals surface area contributed by atoms with Crippen LogP contribution in [0.4, 0.5) is 5.69 Å². The Kier molecular flexibility index (Phi) is 5.84. The standard InChI is InChI=1S/C18H19NO6/c1-22-15-13(17(20)24-3)12(10-19-11-8-6-5-7-9-11)14(16(15)23-2)18(21)25-4/h5-10,19H,1-4H3. The maximum Gasteiger partial charge on any atom is 0.342 e. The normalized spacial score (nSPS) is 13.5. The Bertz CT molecular complexity index is 719. The van der Waals surface area contributed by atoms with E-state index in [2.05, 4.69) is 5.32 Å². The van der Waals surface area contributed by atoms with E-state index in [1.165, 1.54) is 34.6 Å². The lowest BCUT2D eigenvalue weighted by molar-refractivity contribution is -0.136. The third kappa shape index (κ3) is 3.50. The summed E-state index contributed by atoms with van der Waals surface area (Å²) in [6, 6.07) is 9.25. The second-order valence-electron chi connectivity index (χ2n) is 4.87. The molecule has 0 unspecified atom stereocenters. The van der Waals surface area contributed by atoms with Gasteiger partial charge in [0.2, 0.25) is 0 Å². The molecule has 1 N–H and O–H groups in total. The first-order chi connectivity index (χ1) is 12.1. The maximum absolute atomic E-state index is 12.3. The Hall–Kier alpha value is -3.22. The molecule has 1 aromatic carbocycles. The SMILES string of the molecule is COC(=O)C1=C(OC)C(OC)=C(C(=O)OC)C1=CNc1ccccc1. The number of carbonyl (C=O) groups is 2. The van der Waals surface area contributed by atoms with Crippen LogP contribution in [0.25, 0.3) is 0 Å². The Labute approximate surface area is 145 Å². The van der Waals surface area contributed by atoms with Crippen LogP contribution < -0.4 is 5.32 Å². The van der Waals surface area contributed by atoms with Crippen molar-refractivity contribution in [2.45, 2.75) is 0 Å². The number of para-hydroxylation sites is 1. The molecule has 132 valence electrons. The number of carbonyl (C=O) groups excluding carboxylic acids is 2. The monoisotopic (exact) mass is 345 g/mol. The average molecular weight is 345 g/mol. The Morgan fingerprint density at radius 3 is 1.72 bits per heavy atom. The highest BCUT2D eigenvalue weighted by molar-refractivity contribution is 6.07. The van der Waals surface area contributed by atoms with E-state index in [4.69, 9.17) is 18.9 Å². The van der Waals surface area contributed by atoms with Gasteiger partial charge in [0.05, 0.1) is 28.4 Å². The van der Waals surface area contributed by atoms with Gasteiger partial charge in [0.1, 0.15) is 11.1 Å². The van der Waals surface area contributed by atoms with Gasteiger partial charge in [-0.3, -0.25) is 0 Å². The molecule has 2 rings (SSSR count). The highest BCUT2D eigenvalue weighted by Gasteiger charge is 2.40. The fraction of sp³-hybridized carbons (Fsp3) is 0.222. The number of nitrogens with one attached hydrogen (secondary N) is 1. The highest BCUT2D eigenvalue weighted by Crippen LogP contribution is 2.39. The third-order valence-corrected chi connectivity index (χ3v) is 3.54. The predicted octanol–water partition coefficient (Wildman–Crippen LogP) is 2.14. The van der Waals surface area contributed by atoms with Crippen molar-refractivity contribution in [3.8, 4) is 0 Å². The van der Waals surface area contributed by atoms with Gasteiger partial charge in [-0.15, -0.1) is 0 Å². The van der Waals surface area contributed by atoms with Crippen LogP contribution in [0.2, 0.25) is 0 Å². The van der Waals surface area contributed by atoms with Crippen molar-refractivity contribution in [3.63, 3.8) is 0 Å². The lowest BCUT2D eigenvalue weighted by Crippen LogP contribution is -2.13. The summed E-state index contributed by atoms with van der Waals surface area (Å²) < 4.78 is 20.2. The first-order valence-corrected chi connectivity index (χ1v) is 7.35. The molecule has 0 amide bonds. The molecule has 0 fully saturated rings. The quantitative estimate of drug-likeness (QED) is 0.791. The topological polar surface area (TPSA) is 83.1 Å². The molecule has 0 aliphatic heterocycles. The summed E-state index contributed by atoms with van der Waals surface area (Å²) in [7, 11) is 5.24. The molecule has 0 heterocycles. The molecule has 1 aromatic rings. The van der Waals surface area contributed by atoms with Crippen molar-refractivity contribution in [2.75, 3.05) is 33.8 Å². The number of methoxy groups -OCH3 is 4. The minimum absolute atomic E-state index is 0.0747. The number of anilines is 1. The molecule has 7 heteroatoms. The molecule has 0 saturated carbocycles. The molecular weight excluding hydrogens is 326 g/mol. The van der Waals surface area contributed by atoms with Crippen LogP contribution in [-0.4, -0.2) is 40.4 Å². The summed E-state index contributed by atoms with van der Waals surface area (Å²) in [5.41, 5.74) is 1.18. The Morgan fingerprint density at radius 1 is 0.840 bits per heavy atom. The average Bonchev–Trinajstić information content (AvgIpc) is 2.99. The van der Waals surface area contributed by atoms with E-state index < -0.39 is 11.9 Å². The summed E-state index contributed by atoms with van der Waals surface area (Å²) in [4.78, 5) is 24.5. The van der Waals surface area contributed by atoms with Crippen LogP contribution in [0, 0.1) is 0 Å². The zero-order valence-electron chi connectivity index (χ0n) is 14.4. The van der Waals surface area contributed by atoms with Gasteiger partial charge in [-0.2, -0.15) is 0 Å². The van der Waals surface area contributed by atoms with Gasteiger partial charge >= 0.3 is 11.9 Å². The fourth-order valence-electron chi connectivity index (χ4n) is 2.43. The smallest absolute Gasteiger partial charge is 0.342 e. The zero-order valence-corrected chi connectivity index (χ0v) is 14.4. The molecule has 0 aromatic heterocycles. The molecule has 0 radical (unpaired) electrons. The van der Waals surface area contributed by atoms with Gasteiger partial charge in [-0.1, -0.05) is 18.2 Å². The molecule has 0 saturated heterocycles. The van der Waals surface area contributed by atoms with E-state index >= 15 is 0 Å². The number of hydrogen-bond donors (Lipinski definition) is 1. The molecule has 7 nitrogen and oxygen atoms in total. The second kappa shape index (κ2) is 8.05. The van der Waals surface area contributed by atoms with E-state index in [9.17, 15) is 9.59 Å². The van der Waals surface area contributed by atoms with Crippen LogP contribution in [0.3, 0.4) is 0 Å². The van der Waals surface area contributed by atoms with Crippen molar-refractivity contribution in [2.24, 2.45) is 0 Å². The molecule has 0 spiro atoms. The molecule has 25 heavy (non-hydrogen) atoms. The number of ether oxygens (including phenoxy) is 4. The van der Waals surface area contributed by atoms with Gasteiger partial charge in [0.15, 0.2) is 11.5 Å². The first-order valence-electron chi connectivity index (χ1n) is 7.35. The lowest BCUT2D eigenvalue weighted by atomic mass is 10.0. The minimum Gasteiger partial charge on any atom is -0.492 e. The van der Waals surface area contributed by atoms with Crippen molar-refractivity contribution >= 4 is 17.6 Å². The summed E-state index contributed by atoms with van der Waals surface area (Å²) in [6.45, 7) is 0. The summed E-state index contributed by atoms with van der Waals surface area (Å²) >= 11 is 0. The highest BCUT2D eigenvalue weighted by atomic mass is 16.5. The van der Waals surface area contributed by atoms with Gasteiger partial charge < -0.3 is 24.3 Å². The second-order valence-corrected chi connectivity index (χ2v) is 4.87.